The minimum atomic E-state index is 0. The van der Waals surface area contributed by atoms with Gasteiger partial charge < -0.3 is 9.55 Å². The Bertz CT molecular complexity index is 91.8. The van der Waals surface area contributed by atoms with E-state index in [1.165, 1.54) is 13.0 Å². The van der Waals surface area contributed by atoms with E-state index in [0.717, 1.165) is 6.32 Å². The number of hydrogen-bond donors (Lipinski definition) is 0. The first-order chi connectivity index (χ1) is 4.38. The van der Waals surface area contributed by atoms with Crippen LogP contribution in [0.15, 0.2) is 0 Å². The van der Waals surface area contributed by atoms with Gasteiger partial charge in [-0.15, -0.1) is 6.92 Å². The van der Waals surface area contributed by atoms with Gasteiger partial charge in [-0.2, -0.15) is 0 Å². The molecule has 0 aromatic carbocycles. The van der Waals surface area contributed by atoms with E-state index < -0.39 is 0 Å². The fourth-order valence-electron chi connectivity index (χ4n) is 1.08. The normalized spacial score (nSPS) is 25.2. The fourth-order valence-corrected chi connectivity index (χ4v) is 1.08. The molecule has 1 heterocycles. The van der Waals surface area contributed by atoms with Crippen LogP contribution < -0.4 is 29.6 Å². The summed E-state index contributed by atoms with van der Waals surface area (Å²) in [5.74, 6) is 0. The summed E-state index contributed by atoms with van der Waals surface area (Å²) in [6, 6.07) is 0. The molecule has 0 aromatic rings. The van der Waals surface area contributed by atoms with E-state index in [2.05, 4.69) is 19.1 Å². The first kappa shape index (κ1) is 11.0. The van der Waals surface area contributed by atoms with Gasteiger partial charge in [0.25, 0.3) is 0 Å². The molecule has 2 radical (unpaired) electrons. The van der Waals surface area contributed by atoms with Crippen molar-refractivity contribution in [1.82, 2.24) is 4.81 Å². The molecule has 52 valence electrons. The second-order valence-corrected chi connectivity index (χ2v) is 2.31. The average Bonchev–Trinajstić information content (AvgIpc) is 1.82. The summed E-state index contributed by atoms with van der Waals surface area (Å²) in [6.45, 7) is 3.32. The second-order valence-electron chi connectivity index (χ2n) is 2.31. The topological polar surface area (TPSA) is 12.5 Å². The first-order valence-electron chi connectivity index (χ1n) is 3.50. The zero-order valence-corrected chi connectivity index (χ0v) is 9.13. The van der Waals surface area contributed by atoms with Gasteiger partial charge in [0, 0.05) is 7.11 Å². The van der Waals surface area contributed by atoms with Crippen LogP contribution in [0.2, 0.25) is 6.32 Å². The second kappa shape index (κ2) is 5.61. The molecule has 0 saturated carbocycles. The largest absolute Gasteiger partial charge is 1.00 e. The van der Waals surface area contributed by atoms with Gasteiger partial charge in [0.1, 0.15) is 0 Å². The first-order valence-corrected chi connectivity index (χ1v) is 3.50. The molecule has 0 amide bonds. The fraction of sp³-hybridized carbons (Fsp3) is 1.00. The van der Waals surface area contributed by atoms with E-state index in [1.807, 2.05) is 0 Å². The van der Waals surface area contributed by atoms with E-state index in [0.29, 0.717) is 6.23 Å². The van der Waals surface area contributed by atoms with Crippen molar-refractivity contribution in [1.29, 1.82) is 0 Å². The molecule has 1 atom stereocenters. The summed E-state index contributed by atoms with van der Waals surface area (Å²) < 4.78 is 5.15. The molecule has 0 aliphatic carbocycles. The maximum atomic E-state index is 5.15. The number of ether oxygens (including phenoxy) is 1. The summed E-state index contributed by atoms with van der Waals surface area (Å²) in [5, 5.41) is 0. The van der Waals surface area contributed by atoms with Crippen molar-refractivity contribution in [2.75, 3.05) is 13.7 Å². The summed E-state index contributed by atoms with van der Waals surface area (Å²) >= 11 is 0. The van der Waals surface area contributed by atoms with Crippen LogP contribution >= 0.6 is 0 Å². The Balaban J connectivity index is 0.000000810. The van der Waals surface area contributed by atoms with Crippen molar-refractivity contribution in [2.45, 2.75) is 25.9 Å². The predicted octanol–water partition coefficient (Wildman–Crippen LogP) is -2.27. The maximum Gasteiger partial charge on any atom is 1.00 e. The summed E-state index contributed by atoms with van der Waals surface area (Å²) in [4.78, 5) is 2.24. The minimum Gasteiger partial charge on any atom is -0.519 e. The van der Waals surface area contributed by atoms with Gasteiger partial charge in [0.2, 0.25) is 0 Å². The Morgan fingerprint density at radius 3 is 2.70 bits per heavy atom. The third kappa shape index (κ3) is 2.55. The molecule has 10 heavy (non-hydrogen) atoms. The molecule has 1 aliphatic rings. The van der Waals surface area contributed by atoms with Crippen molar-refractivity contribution in [3.63, 3.8) is 0 Å². The van der Waals surface area contributed by atoms with Gasteiger partial charge in [0.05, 0.1) is 6.23 Å². The number of rotatable bonds is 3. The molecule has 1 fully saturated rings. The predicted molar refractivity (Wildman–Crippen MR) is 38.4 cm³/mol. The average molecular weight is 149 g/mol. The van der Waals surface area contributed by atoms with Gasteiger partial charge in [-0.3, -0.25) is 0 Å². The van der Waals surface area contributed by atoms with Crippen LogP contribution in [0.1, 0.15) is 13.3 Å². The van der Waals surface area contributed by atoms with Gasteiger partial charge in [0.15, 0.2) is 0 Å². The van der Waals surface area contributed by atoms with Gasteiger partial charge in [-0.05, 0) is 13.0 Å². The number of nitrogens with zero attached hydrogens (tertiary/aromatic N) is 1. The SMILES string of the molecule is CC[B-]N1CCC1OC.[Na+]. The Labute approximate surface area is 85.9 Å². The Hall–Kier alpha value is 0.985. The van der Waals surface area contributed by atoms with Gasteiger partial charge >= 0.3 is 29.6 Å². The van der Waals surface area contributed by atoms with Gasteiger partial charge in [-0.25, -0.2) is 13.7 Å². The number of hydrogen-bond acceptors (Lipinski definition) is 2. The Morgan fingerprint density at radius 2 is 2.40 bits per heavy atom. The van der Waals surface area contributed by atoms with Crippen molar-refractivity contribution in [3.8, 4) is 0 Å². The molecule has 2 nitrogen and oxygen atoms in total. The van der Waals surface area contributed by atoms with Crippen LogP contribution in [-0.2, 0) is 4.74 Å². The van der Waals surface area contributed by atoms with Crippen LogP contribution in [0, 0.1) is 0 Å². The van der Waals surface area contributed by atoms with Gasteiger partial charge in [-0.1, -0.05) is 0 Å². The van der Waals surface area contributed by atoms with E-state index >= 15 is 0 Å². The Kier molecular flexibility index (Phi) is 6.16. The van der Waals surface area contributed by atoms with E-state index in [-0.39, 0.29) is 29.6 Å². The minimum absolute atomic E-state index is 0. The molecule has 1 unspecified atom stereocenters. The summed E-state index contributed by atoms with van der Waals surface area (Å²) in [5.41, 5.74) is 0. The van der Waals surface area contributed by atoms with Crippen LogP contribution in [0.3, 0.4) is 0 Å². The van der Waals surface area contributed by atoms with Crippen molar-refractivity contribution < 1.29 is 34.3 Å². The van der Waals surface area contributed by atoms with E-state index in [4.69, 9.17) is 4.74 Å². The molecule has 4 heteroatoms. The molecule has 0 N–H and O–H groups in total. The van der Waals surface area contributed by atoms with Crippen molar-refractivity contribution in [2.24, 2.45) is 0 Å². The molecule has 1 aliphatic heterocycles. The molecule has 0 aromatic heterocycles. The molecular formula is C6H13BNNaO. The van der Waals surface area contributed by atoms with Crippen molar-refractivity contribution >= 4 is 7.41 Å². The zero-order valence-electron chi connectivity index (χ0n) is 7.13. The molecule has 0 bridgehead atoms. The molecule has 1 saturated heterocycles. The number of methoxy groups -OCH3 is 1. The third-order valence-electron chi connectivity index (χ3n) is 1.69. The summed E-state index contributed by atoms with van der Waals surface area (Å²) in [6.07, 6.45) is 2.68. The van der Waals surface area contributed by atoms with E-state index in [9.17, 15) is 0 Å². The molecule has 1 rings (SSSR count). The smallest absolute Gasteiger partial charge is 0.519 e. The monoisotopic (exact) mass is 149 g/mol. The summed E-state index contributed by atoms with van der Waals surface area (Å²) in [7, 11) is 3.96. The Morgan fingerprint density at radius 1 is 1.70 bits per heavy atom. The maximum absolute atomic E-state index is 5.15. The van der Waals surface area contributed by atoms with Crippen LogP contribution in [0.4, 0.5) is 0 Å². The zero-order chi connectivity index (χ0) is 6.69. The third-order valence-corrected chi connectivity index (χ3v) is 1.69. The molecular weight excluding hydrogens is 136 g/mol. The van der Waals surface area contributed by atoms with Crippen molar-refractivity contribution in [3.05, 3.63) is 0 Å². The van der Waals surface area contributed by atoms with Crippen LogP contribution in [0.25, 0.3) is 0 Å². The quantitative estimate of drug-likeness (QED) is 0.419. The van der Waals surface area contributed by atoms with E-state index in [1.54, 1.807) is 7.11 Å². The van der Waals surface area contributed by atoms with Crippen LogP contribution in [0.5, 0.6) is 0 Å². The molecule has 0 spiro atoms. The standard InChI is InChI=1S/C6H13BNO.Na/c1-3-7-8-5-4-6(8)9-2;/h6H,3-5H2,1-2H3;/q-1;+1. The van der Waals surface area contributed by atoms with Crippen LogP contribution in [-0.4, -0.2) is 32.1 Å².